The number of nitrogens with zero attached hydrogens (tertiary/aromatic N) is 3. The van der Waals surface area contributed by atoms with E-state index in [1.807, 2.05) is 6.92 Å². The summed E-state index contributed by atoms with van der Waals surface area (Å²) in [5, 5.41) is 8.67. The van der Waals surface area contributed by atoms with Crippen LogP contribution in [-0.2, 0) is 0 Å². The number of alkyl halides is 3. The molecule has 0 amide bonds. The first-order valence-corrected chi connectivity index (χ1v) is 5.86. The van der Waals surface area contributed by atoms with E-state index in [1.54, 1.807) is 0 Å². The van der Waals surface area contributed by atoms with E-state index in [4.69, 9.17) is 5.26 Å². The third kappa shape index (κ3) is 4.92. The molecule has 17 heavy (non-hydrogen) atoms. The van der Waals surface area contributed by atoms with Gasteiger partial charge in [-0.3, -0.25) is 9.80 Å². The summed E-state index contributed by atoms with van der Waals surface area (Å²) >= 11 is 0. The molecule has 1 saturated heterocycles. The lowest BCUT2D eigenvalue weighted by Gasteiger charge is -2.38. The standard InChI is InChI=1S/C11H18F3N3/c1-2-10(3-4-15)17-7-5-16(6-8-17)9-11(12,13)14/h10H,2-3,5-9H2,1H3. The van der Waals surface area contributed by atoms with Crippen LogP contribution in [0.2, 0.25) is 0 Å². The lowest BCUT2D eigenvalue weighted by atomic mass is 10.1. The summed E-state index contributed by atoms with van der Waals surface area (Å²) < 4.78 is 36.6. The van der Waals surface area contributed by atoms with Crippen LogP contribution in [0, 0.1) is 11.3 Å². The largest absolute Gasteiger partial charge is 0.401 e. The van der Waals surface area contributed by atoms with E-state index in [9.17, 15) is 13.2 Å². The molecule has 3 nitrogen and oxygen atoms in total. The predicted molar refractivity (Wildman–Crippen MR) is 58.4 cm³/mol. The van der Waals surface area contributed by atoms with Crippen molar-refractivity contribution in [2.75, 3.05) is 32.7 Å². The Labute approximate surface area is 99.8 Å². The van der Waals surface area contributed by atoms with Crippen LogP contribution in [0.25, 0.3) is 0 Å². The molecular weight excluding hydrogens is 231 g/mol. The van der Waals surface area contributed by atoms with Gasteiger partial charge in [0.25, 0.3) is 0 Å². The summed E-state index contributed by atoms with van der Waals surface area (Å²) in [6.45, 7) is 3.29. The second kappa shape index (κ2) is 6.22. The molecule has 1 atom stereocenters. The predicted octanol–water partition coefficient (Wildman–Crippen LogP) is 1.86. The second-order valence-electron chi connectivity index (χ2n) is 4.35. The van der Waals surface area contributed by atoms with Crippen molar-refractivity contribution in [3.63, 3.8) is 0 Å². The lowest BCUT2D eigenvalue weighted by molar-refractivity contribution is -0.149. The Morgan fingerprint density at radius 2 is 1.82 bits per heavy atom. The molecule has 0 spiro atoms. The Hall–Kier alpha value is -0.800. The monoisotopic (exact) mass is 249 g/mol. The van der Waals surface area contributed by atoms with Crippen LogP contribution in [0.15, 0.2) is 0 Å². The minimum Gasteiger partial charge on any atom is -0.297 e. The molecule has 0 aliphatic carbocycles. The van der Waals surface area contributed by atoms with Crippen molar-refractivity contribution in [3.8, 4) is 6.07 Å². The molecule has 0 N–H and O–H groups in total. The van der Waals surface area contributed by atoms with Crippen LogP contribution in [0.3, 0.4) is 0 Å². The Bertz CT molecular complexity index is 264. The third-order valence-corrected chi connectivity index (χ3v) is 3.12. The topological polar surface area (TPSA) is 30.3 Å². The number of piperazine rings is 1. The molecule has 0 aromatic rings. The van der Waals surface area contributed by atoms with Crippen LogP contribution < -0.4 is 0 Å². The van der Waals surface area contributed by atoms with E-state index in [-0.39, 0.29) is 6.04 Å². The normalized spacial score (nSPS) is 21.1. The molecule has 0 aromatic heterocycles. The zero-order chi connectivity index (χ0) is 12.9. The van der Waals surface area contributed by atoms with E-state index < -0.39 is 12.7 Å². The van der Waals surface area contributed by atoms with Crippen molar-refractivity contribution in [3.05, 3.63) is 0 Å². The first-order chi connectivity index (χ1) is 7.96. The fraction of sp³-hybridized carbons (Fsp3) is 0.909. The minimum absolute atomic E-state index is 0.188. The van der Waals surface area contributed by atoms with E-state index in [0.29, 0.717) is 32.6 Å². The summed E-state index contributed by atoms with van der Waals surface area (Å²) in [5.74, 6) is 0. The highest BCUT2D eigenvalue weighted by Gasteiger charge is 2.32. The van der Waals surface area contributed by atoms with Crippen molar-refractivity contribution in [1.82, 2.24) is 9.80 Å². The molecule has 0 saturated carbocycles. The van der Waals surface area contributed by atoms with Crippen LogP contribution in [0.4, 0.5) is 13.2 Å². The van der Waals surface area contributed by atoms with Gasteiger partial charge in [-0.05, 0) is 6.42 Å². The van der Waals surface area contributed by atoms with Gasteiger partial charge in [0.05, 0.1) is 19.0 Å². The zero-order valence-electron chi connectivity index (χ0n) is 10.0. The Kier molecular flexibility index (Phi) is 5.22. The molecule has 6 heteroatoms. The number of rotatable bonds is 4. The number of halogens is 3. The van der Waals surface area contributed by atoms with E-state index >= 15 is 0 Å². The minimum atomic E-state index is -4.11. The molecule has 1 heterocycles. The molecule has 1 aliphatic heterocycles. The van der Waals surface area contributed by atoms with E-state index in [1.165, 1.54) is 4.90 Å². The van der Waals surface area contributed by atoms with Gasteiger partial charge in [-0.1, -0.05) is 6.92 Å². The van der Waals surface area contributed by atoms with Gasteiger partial charge in [0.15, 0.2) is 0 Å². The molecule has 1 rings (SSSR count). The number of hydrogen-bond donors (Lipinski definition) is 0. The summed E-state index contributed by atoms with van der Waals surface area (Å²) in [6, 6.07) is 2.32. The molecule has 1 unspecified atom stereocenters. The van der Waals surface area contributed by atoms with Crippen LogP contribution in [0.1, 0.15) is 19.8 Å². The van der Waals surface area contributed by atoms with E-state index in [0.717, 1.165) is 6.42 Å². The van der Waals surface area contributed by atoms with Gasteiger partial charge >= 0.3 is 6.18 Å². The molecule has 0 bridgehead atoms. The summed E-state index contributed by atoms with van der Waals surface area (Å²) in [5.41, 5.74) is 0. The van der Waals surface area contributed by atoms with Crippen LogP contribution in [0.5, 0.6) is 0 Å². The highest BCUT2D eigenvalue weighted by Crippen LogP contribution is 2.18. The number of nitriles is 1. The average molecular weight is 249 g/mol. The van der Waals surface area contributed by atoms with Gasteiger partial charge in [0.1, 0.15) is 0 Å². The van der Waals surface area contributed by atoms with Gasteiger partial charge in [-0.2, -0.15) is 18.4 Å². The smallest absolute Gasteiger partial charge is 0.297 e. The van der Waals surface area contributed by atoms with Crippen LogP contribution in [-0.4, -0.2) is 54.7 Å². The Morgan fingerprint density at radius 3 is 2.24 bits per heavy atom. The van der Waals surface area contributed by atoms with Crippen molar-refractivity contribution in [2.45, 2.75) is 32.0 Å². The number of hydrogen-bond acceptors (Lipinski definition) is 3. The summed E-state index contributed by atoms with van der Waals surface area (Å²) in [6.07, 6.45) is -2.79. The van der Waals surface area contributed by atoms with Gasteiger partial charge in [-0.15, -0.1) is 0 Å². The highest BCUT2D eigenvalue weighted by molar-refractivity contribution is 4.85. The average Bonchev–Trinajstić information content (AvgIpc) is 2.25. The SMILES string of the molecule is CCC(CC#N)N1CCN(CC(F)(F)F)CC1. The van der Waals surface area contributed by atoms with Gasteiger partial charge in [0.2, 0.25) is 0 Å². The fourth-order valence-corrected chi connectivity index (χ4v) is 2.18. The summed E-state index contributed by atoms with van der Waals surface area (Å²) in [7, 11) is 0. The zero-order valence-corrected chi connectivity index (χ0v) is 10.0. The maximum Gasteiger partial charge on any atom is 0.401 e. The summed E-state index contributed by atoms with van der Waals surface area (Å²) in [4.78, 5) is 3.55. The molecular formula is C11H18F3N3. The van der Waals surface area contributed by atoms with E-state index in [2.05, 4.69) is 11.0 Å². The Morgan fingerprint density at radius 1 is 1.24 bits per heavy atom. The maximum absolute atomic E-state index is 12.2. The third-order valence-electron chi connectivity index (χ3n) is 3.12. The van der Waals surface area contributed by atoms with Crippen molar-refractivity contribution in [2.24, 2.45) is 0 Å². The van der Waals surface area contributed by atoms with Crippen molar-refractivity contribution >= 4 is 0 Å². The molecule has 98 valence electrons. The van der Waals surface area contributed by atoms with Crippen LogP contribution >= 0.6 is 0 Å². The first kappa shape index (κ1) is 14.3. The Balaban J connectivity index is 2.37. The first-order valence-electron chi connectivity index (χ1n) is 5.86. The molecule has 1 aliphatic rings. The molecule has 0 radical (unpaired) electrons. The van der Waals surface area contributed by atoms with Crippen molar-refractivity contribution in [1.29, 1.82) is 5.26 Å². The maximum atomic E-state index is 12.2. The van der Waals surface area contributed by atoms with Gasteiger partial charge in [-0.25, -0.2) is 0 Å². The van der Waals surface area contributed by atoms with Crippen molar-refractivity contribution < 1.29 is 13.2 Å². The second-order valence-corrected chi connectivity index (χ2v) is 4.35. The van der Waals surface area contributed by atoms with Gasteiger partial charge in [0, 0.05) is 32.2 Å². The quantitative estimate of drug-likeness (QED) is 0.762. The van der Waals surface area contributed by atoms with Gasteiger partial charge < -0.3 is 0 Å². The lowest BCUT2D eigenvalue weighted by Crippen LogP contribution is -2.52. The molecule has 0 aromatic carbocycles. The molecule has 1 fully saturated rings. The fourth-order valence-electron chi connectivity index (χ4n) is 2.18. The highest BCUT2D eigenvalue weighted by atomic mass is 19.4.